The number of furan rings is 1. The van der Waals surface area contributed by atoms with E-state index < -0.39 is 6.09 Å². The molecule has 27 heavy (non-hydrogen) atoms. The molecule has 1 N–H and O–H groups in total. The Balaban J connectivity index is 1.75. The zero-order valence-corrected chi connectivity index (χ0v) is 16.0. The number of pyridine rings is 1. The highest BCUT2D eigenvalue weighted by Crippen LogP contribution is 2.35. The van der Waals surface area contributed by atoms with Crippen LogP contribution in [0.2, 0.25) is 0 Å². The maximum atomic E-state index is 11.9. The summed E-state index contributed by atoms with van der Waals surface area (Å²) < 4.78 is 17.1. The molecule has 0 aliphatic rings. The lowest BCUT2D eigenvalue weighted by molar-refractivity contribution is 0.105. The Hall–Kier alpha value is -3.02. The number of aromatic nitrogens is 1. The molecule has 0 aliphatic carbocycles. The number of aryl methyl sites for hydroxylation is 1. The highest BCUT2D eigenvalue weighted by atomic mass is 16.5. The standard InChI is InChI=1S/C21H24N2O4/c1-14-18(12-23-20(24)25-13-21(2,3)4)27-17-9-5-8-16(19(14)17)26-15-7-6-10-22-11-15/h5-11H,12-13H2,1-4H3,(H,23,24). The Morgan fingerprint density at radius 3 is 2.74 bits per heavy atom. The van der Waals surface area contributed by atoms with Gasteiger partial charge >= 0.3 is 6.09 Å². The van der Waals surface area contributed by atoms with E-state index in [1.54, 1.807) is 12.4 Å². The van der Waals surface area contributed by atoms with Gasteiger partial charge in [-0.25, -0.2) is 4.79 Å². The number of hydrogen-bond donors (Lipinski definition) is 1. The number of ether oxygens (including phenoxy) is 2. The van der Waals surface area contributed by atoms with Crippen LogP contribution in [0, 0.1) is 12.3 Å². The van der Waals surface area contributed by atoms with E-state index in [4.69, 9.17) is 13.9 Å². The van der Waals surface area contributed by atoms with Crippen LogP contribution in [0.15, 0.2) is 47.1 Å². The molecule has 3 aromatic rings. The van der Waals surface area contributed by atoms with Gasteiger partial charge in [-0.2, -0.15) is 0 Å². The molecule has 2 aromatic heterocycles. The second-order valence-corrected chi connectivity index (χ2v) is 7.56. The van der Waals surface area contributed by atoms with Gasteiger partial charge in [-0.3, -0.25) is 4.98 Å². The van der Waals surface area contributed by atoms with Gasteiger partial charge in [-0.15, -0.1) is 0 Å². The summed E-state index contributed by atoms with van der Waals surface area (Å²) >= 11 is 0. The number of alkyl carbamates (subject to hydrolysis) is 1. The van der Waals surface area contributed by atoms with E-state index in [0.29, 0.717) is 29.4 Å². The van der Waals surface area contributed by atoms with Gasteiger partial charge in [0.2, 0.25) is 0 Å². The second kappa shape index (κ2) is 7.70. The number of nitrogens with zero attached hydrogens (tertiary/aromatic N) is 1. The molecule has 6 nitrogen and oxygen atoms in total. The molecule has 0 spiro atoms. The van der Waals surface area contributed by atoms with Gasteiger partial charge in [-0.1, -0.05) is 26.8 Å². The van der Waals surface area contributed by atoms with Crippen molar-refractivity contribution in [1.82, 2.24) is 10.3 Å². The average Bonchev–Trinajstić information content (AvgIpc) is 2.95. The zero-order valence-electron chi connectivity index (χ0n) is 16.0. The predicted octanol–water partition coefficient (Wildman–Crippen LogP) is 5.20. The van der Waals surface area contributed by atoms with Crippen LogP contribution in [0.25, 0.3) is 11.0 Å². The fourth-order valence-corrected chi connectivity index (χ4v) is 2.59. The van der Waals surface area contributed by atoms with Gasteiger partial charge in [0.25, 0.3) is 0 Å². The first-order valence-electron chi connectivity index (χ1n) is 8.83. The number of nitrogens with one attached hydrogen (secondary N) is 1. The topological polar surface area (TPSA) is 73.6 Å². The minimum atomic E-state index is -0.461. The van der Waals surface area contributed by atoms with Crippen molar-refractivity contribution < 1.29 is 18.7 Å². The summed E-state index contributed by atoms with van der Waals surface area (Å²) in [5.41, 5.74) is 1.54. The first kappa shape index (κ1) is 18.8. The number of rotatable bonds is 5. The molecule has 0 fully saturated rings. The van der Waals surface area contributed by atoms with Gasteiger partial charge in [0.15, 0.2) is 0 Å². The van der Waals surface area contributed by atoms with Crippen LogP contribution in [-0.4, -0.2) is 17.7 Å². The number of amides is 1. The normalized spacial score (nSPS) is 11.4. The van der Waals surface area contributed by atoms with E-state index in [2.05, 4.69) is 10.3 Å². The molecule has 0 saturated carbocycles. The van der Waals surface area contributed by atoms with Crippen molar-refractivity contribution in [2.75, 3.05) is 6.61 Å². The van der Waals surface area contributed by atoms with Crippen molar-refractivity contribution in [2.24, 2.45) is 5.41 Å². The fourth-order valence-electron chi connectivity index (χ4n) is 2.59. The summed E-state index contributed by atoms with van der Waals surface area (Å²) in [5.74, 6) is 2.00. The first-order valence-corrected chi connectivity index (χ1v) is 8.83. The summed E-state index contributed by atoms with van der Waals surface area (Å²) in [5, 5.41) is 3.61. The number of carbonyl (C=O) groups is 1. The monoisotopic (exact) mass is 368 g/mol. The van der Waals surface area contributed by atoms with Crippen LogP contribution in [-0.2, 0) is 11.3 Å². The molecular weight excluding hydrogens is 344 g/mol. The van der Waals surface area contributed by atoms with Gasteiger partial charge in [0.1, 0.15) is 22.8 Å². The summed E-state index contributed by atoms with van der Waals surface area (Å²) in [6.45, 7) is 8.56. The number of carbonyl (C=O) groups excluding carboxylic acids is 1. The summed E-state index contributed by atoms with van der Waals surface area (Å²) in [6.07, 6.45) is 2.89. The third kappa shape index (κ3) is 4.78. The fraction of sp³-hybridized carbons (Fsp3) is 0.333. The van der Waals surface area contributed by atoms with E-state index in [0.717, 1.165) is 10.9 Å². The largest absolute Gasteiger partial charge is 0.459 e. The Bertz CT molecular complexity index is 926. The Kier molecular flexibility index (Phi) is 5.35. The smallest absolute Gasteiger partial charge is 0.407 e. The average molecular weight is 368 g/mol. The van der Waals surface area contributed by atoms with Crippen LogP contribution >= 0.6 is 0 Å². The Morgan fingerprint density at radius 2 is 2.04 bits per heavy atom. The van der Waals surface area contributed by atoms with Crippen molar-refractivity contribution in [2.45, 2.75) is 34.2 Å². The molecular formula is C21H24N2O4. The minimum Gasteiger partial charge on any atom is -0.459 e. The van der Waals surface area contributed by atoms with Crippen molar-refractivity contribution in [1.29, 1.82) is 0 Å². The maximum Gasteiger partial charge on any atom is 0.407 e. The lowest BCUT2D eigenvalue weighted by atomic mass is 9.99. The molecule has 0 atom stereocenters. The van der Waals surface area contributed by atoms with Crippen LogP contribution < -0.4 is 10.1 Å². The van der Waals surface area contributed by atoms with Gasteiger partial charge in [0, 0.05) is 11.8 Å². The lowest BCUT2D eigenvalue weighted by Gasteiger charge is -2.17. The SMILES string of the molecule is Cc1c(CNC(=O)OCC(C)(C)C)oc2cccc(Oc3cccnc3)c12. The molecule has 142 valence electrons. The van der Waals surface area contributed by atoms with Gasteiger partial charge in [-0.05, 0) is 36.6 Å². The van der Waals surface area contributed by atoms with Gasteiger partial charge < -0.3 is 19.2 Å². The molecule has 0 bridgehead atoms. The van der Waals surface area contributed by atoms with Gasteiger partial charge in [0.05, 0.1) is 24.7 Å². The molecule has 3 rings (SSSR count). The molecule has 2 heterocycles. The zero-order chi connectivity index (χ0) is 19.4. The minimum absolute atomic E-state index is 0.0782. The van der Waals surface area contributed by atoms with E-state index in [1.807, 2.05) is 58.0 Å². The maximum absolute atomic E-state index is 11.9. The van der Waals surface area contributed by atoms with E-state index in [9.17, 15) is 4.79 Å². The third-order valence-electron chi connectivity index (χ3n) is 3.91. The quantitative estimate of drug-likeness (QED) is 0.670. The molecule has 0 aliphatic heterocycles. The third-order valence-corrected chi connectivity index (χ3v) is 3.91. The molecule has 6 heteroatoms. The Labute approximate surface area is 158 Å². The lowest BCUT2D eigenvalue weighted by Crippen LogP contribution is -2.27. The number of hydrogen-bond acceptors (Lipinski definition) is 5. The summed E-state index contributed by atoms with van der Waals surface area (Å²) in [6, 6.07) is 9.28. The van der Waals surface area contributed by atoms with Crippen LogP contribution in [0.1, 0.15) is 32.1 Å². The van der Waals surface area contributed by atoms with Crippen molar-refractivity contribution in [3.05, 3.63) is 54.0 Å². The molecule has 0 radical (unpaired) electrons. The molecule has 0 unspecified atom stereocenters. The number of fused-ring (bicyclic) bond motifs is 1. The summed E-state index contributed by atoms with van der Waals surface area (Å²) in [4.78, 5) is 16.0. The number of benzene rings is 1. The van der Waals surface area contributed by atoms with E-state index >= 15 is 0 Å². The van der Waals surface area contributed by atoms with E-state index in [1.165, 1.54) is 0 Å². The molecule has 0 saturated heterocycles. The van der Waals surface area contributed by atoms with Crippen molar-refractivity contribution in [3.63, 3.8) is 0 Å². The van der Waals surface area contributed by atoms with Crippen LogP contribution in [0.5, 0.6) is 11.5 Å². The van der Waals surface area contributed by atoms with Crippen LogP contribution in [0.4, 0.5) is 4.79 Å². The highest BCUT2D eigenvalue weighted by Gasteiger charge is 2.17. The first-order chi connectivity index (χ1) is 12.8. The molecule has 1 aromatic carbocycles. The van der Waals surface area contributed by atoms with Crippen molar-refractivity contribution in [3.8, 4) is 11.5 Å². The summed E-state index contributed by atoms with van der Waals surface area (Å²) in [7, 11) is 0. The Morgan fingerprint density at radius 1 is 1.22 bits per heavy atom. The highest BCUT2D eigenvalue weighted by molar-refractivity contribution is 5.88. The second-order valence-electron chi connectivity index (χ2n) is 7.56. The molecule has 1 amide bonds. The van der Waals surface area contributed by atoms with E-state index in [-0.39, 0.29) is 12.0 Å². The predicted molar refractivity (Wildman–Crippen MR) is 103 cm³/mol. The van der Waals surface area contributed by atoms with Crippen LogP contribution in [0.3, 0.4) is 0 Å². The van der Waals surface area contributed by atoms with Crippen molar-refractivity contribution >= 4 is 17.1 Å².